The van der Waals surface area contributed by atoms with Gasteiger partial charge in [0.05, 0.1) is 49.0 Å². The number of amidine groups is 1. The molecular formula is C26H30FN7O3. The monoisotopic (exact) mass is 507 g/mol. The van der Waals surface area contributed by atoms with Gasteiger partial charge >= 0.3 is 0 Å². The van der Waals surface area contributed by atoms with Gasteiger partial charge in [-0.05, 0) is 30.7 Å². The van der Waals surface area contributed by atoms with E-state index in [0.717, 1.165) is 49.7 Å². The van der Waals surface area contributed by atoms with Crippen molar-refractivity contribution in [1.29, 1.82) is 0 Å². The first kappa shape index (κ1) is 24.8. The zero-order valence-corrected chi connectivity index (χ0v) is 20.9. The van der Waals surface area contributed by atoms with E-state index >= 15 is 0 Å². The topological polar surface area (TPSA) is 120 Å². The molecule has 0 aliphatic carbocycles. The number of aromatic nitrogens is 3. The molecule has 0 amide bonds. The second-order valence-corrected chi connectivity index (χ2v) is 8.91. The lowest BCUT2D eigenvalue weighted by Crippen LogP contribution is -2.39. The third-order valence-electron chi connectivity index (χ3n) is 6.49. The van der Waals surface area contributed by atoms with Crippen molar-refractivity contribution >= 4 is 11.8 Å². The van der Waals surface area contributed by atoms with Crippen LogP contribution in [0.15, 0.2) is 41.6 Å². The molecule has 5 rings (SSSR count). The van der Waals surface area contributed by atoms with Gasteiger partial charge in [0, 0.05) is 37.7 Å². The summed E-state index contributed by atoms with van der Waals surface area (Å²) >= 11 is 0. The van der Waals surface area contributed by atoms with Crippen molar-refractivity contribution in [2.24, 2.45) is 5.16 Å². The van der Waals surface area contributed by atoms with E-state index in [-0.39, 0.29) is 17.8 Å². The molecule has 1 atom stereocenters. The molecule has 2 aliphatic rings. The minimum absolute atomic E-state index is 0.193. The minimum atomic E-state index is -0.359. The number of nitrogens with one attached hydrogen (secondary N) is 1. The van der Waals surface area contributed by atoms with Crippen molar-refractivity contribution in [3.63, 3.8) is 0 Å². The largest absolute Gasteiger partial charge is 0.481 e. The predicted molar refractivity (Wildman–Crippen MR) is 137 cm³/mol. The molecule has 0 bridgehead atoms. The third-order valence-corrected chi connectivity index (χ3v) is 6.49. The minimum Gasteiger partial charge on any atom is -0.481 e. The summed E-state index contributed by atoms with van der Waals surface area (Å²) in [5, 5.41) is 7.91. The molecular weight excluding hydrogens is 477 g/mol. The zero-order chi connectivity index (χ0) is 25.8. The Morgan fingerprint density at radius 1 is 1.19 bits per heavy atom. The molecule has 2 aliphatic heterocycles. The molecule has 3 aromatic rings. The number of anilines is 1. The van der Waals surface area contributed by atoms with E-state index in [4.69, 9.17) is 20.0 Å². The van der Waals surface area contributed by atoms with Gasteiger partial charge in [0.2, 0.25) is 11.8 Å². The summed E-state index contributed by atoms with van der Waals surface area (Å²) in [4.78, 5) is 21.4. The van der Waals surface area contributed by atoms with Crippen LogP contribution >= 0.6 is 0 Å². The third kappa shape index (κ3) is 5.62. The van der Waals surface area contributed by atoms with Gasteiger partial charge in [-0.2, -0.15) is 0 Å². The van der Waals surface area contributed by atoms with Crippen LogP contribution in [0.1, 0.15) is 28.6 Å². The Labute approximate surface area is 214 Å². The van der Waals surface area contributed by atoms with Crippen LogP contribution in [0.5, 0.6) is 5.88 Å². The van der Waals surface area contributed by atoms with Gasteiger partial charge in [-0.15, -0.1) is 0 Å². The standard InChI is InChI=1S/C26H30FN7O3/c1-16-24-22(32-26(28)29-16)15-21(31-25(24)33-37-13-10-34-8-11-36-12-9-34)18-7-6-17(27)14-19(18)20-4-3-5-23(30-20)35-2/h3-7,14,21H,8-13,15H2,1-2H3,(H,31,33)(H2,28,29,32). The maximum absolute atomic E-state index is 14.4. The number of nitrogen functional groups attached to an aromatic ring is 1. The Bertz CT molecular complexity index is 1300. The van der Waals surface area contributed by atoms with E-state index in [2.05, 4.69) is 30.3 Å². The lowest BCUT2D eigenvalue weighted by Gasteiger charge is -2.30. The van der Waals surface area contributed by atoms with Crippen LogP contribution in [-0.4, -0.2) is 72.3 Å². The normalized spacial score (nSPS) is 18.8. The van der Waals surface area contributed by atoms with Crippen molar-refractivity contribution in [3.05, 3.63) is 64.7 Å². The first-order valence-corrected chi connectivity index (χ1v) is 12.2. The lowest BCUT2D eigenvalue weighted by molar-refractivity contribution is 0.0210. The molecule has 1 fully saturated rings. The van der Waals surface area contributed by atoms with Crippen LogP contribution in [0, 0.1) is 12.7 Å². The van der Waals surface area contributed by atoms with Gasteiger partial charge in [0.15, 0.2) is 5.84 Å². The van der Waals surface area contributed by atoms with E-state index in [0.29, 0.717) is 41.7 Å². The highest BCUT2D eigenvalue weighted by molar-refractivity contribution is 6.01. The number of halogens is 1. The molecule has 4 heterocycles. The number of pyridine rings is 1. The molecule has 0 spiro atoms. The molecule has 1 saturated heterocycles. The second-order valence-electron chi connectivity index (χ2n) is 8.91. The van der Waals surface area contributed by atoms with Crippen molar-refractivity contribution in [2.75, 3.05) is 52.3 Å². The number of methoxy groups -OCH3 is 1. The number of ether oxygens (including phenoxy) is 2. The summed E-state index contributed by atoms with van der Waals surface area (Å²) in [5.41, 5.74) is 10.3. The number of oxime groups is 1. The number of nitrogens with zero attached hydrogens (tertiary/aromatic N) is 5. The Morgan fingerprint density at radius 3 is 2.84 bits per heavy atom. The molecule has 0 saturated carbocycles. The van der Waals surface area contributed by atoms with Crippen LogP contribution in [0.2, 0.25) is 0 Å². The first-order valence-electron chi connectivity index (χ1n) is 12.2. The molecule has 1 aromatic carbocycles. The number of fused-ring (bicyclic) bond motifs is 1. The van der Waals surface area contributed by atoms with Crippen molar-refractivity contribution in [1.82, 2.24) is 25.2 Å². The SMILES string of the molecule is COc1cccc(-c2cc(F)ccc2C2Cc3nc(N)nc(C)c3C(=NOCCN3CCOCC3)N2)n1. The van der Waals surface area contributed by atoms with Gasteiger partial charge < -0.3 is 25.4 Å². The number of aryl methyl sites for hydroxylation is 1. The average Bonchev–Trinajstić information content (AvgIpc) is 2.91. The van der Waals surface area contributed by atoms with Crippen molar-refractivity contribution in [2.45, 2.75) is 19.4 Å². The van der Waals surface area contributed by atoms with Crippen LogP contribution < -0.4 is 15.8 Å². The highest BCUT2D eigenvalue weighted by atomic mass is 19.1. The van der Waals surface area contributed by atoms with Gasteiger partial charge in [-0.25, -0.2) is 19.3 Å². The van der Waals surface area contributed by atoms with Crippen LogP contribution in [0.3, 0.4) is 0 Å². The lowest BCUT2D eigenvalue weighted by atomic mass is 9.90. The summed E-state index contributed by atoms with van der Waals surface area (Å²) < 4.78 is 25.1. The van der Waals surface area contributed by atoms with Gasteiger partial charge in [-0.3, -0.25) is 4.90 Å². The Morgan fingerprint density at radius 2 is 2.03 bits per heavy atom. The van der Waals surface area contributed by atoms with E-state index in [1.165, 1.54) is 12.1 Å². The molecule has 0 radical (unpaired) electrons. The summed E-state index contributed by atoms with van der Waals surface area (Å²) in [6.07, 6.45) is 0.498. The van der Waals surface area contributed by atoms with Crippen LogP contribution in [-0.2, 0) is 16.0 Å². The number of benzene rings is 1. The highest BCUT2D eigenvalue weighted by Crippen LogP contribution is 2.34. The van der Waals surface area contributed by atoms with Gasteiger partial charge in [0.25, 0.3) is 0 Å². The second kappa shape index (κ2) is 11.1. The van der Waals surface area contributed by atoms with Crippen LogP contribution in [0.25, 0.3) is 11.3 Å². The van der Waals surface area contributed by atoms with Crippen LogP contribution in [0.4, 0.5) is 10.3 Å². The summed E-state index contributed by atoms with van der Waals surface area (Å²) in [7, 11) is 1.55. The number of morpholine rings is 1. The number of hydrogen-bond acceptors (Lipinski definition) is 9. The Kier molecular flexibility index (Phi) is 7.42. The summed E-state index contributed by atoms with van der Waals surface area (Å²) in [6.45, 7) is 6.25. The fourth-order valence-electron chi connectivity index (χ4n) is 4.69. The fourth-order valence-corrected chi connectivity index (χ4v) is 4.69. The molecule has 10 nitrogen and oxygen atoms in total. The molecule has 37 heavy (non-hydrogen) atoms. The highest BCUT2D eigenvalue weighted by Gasteiger charge is 2.30. The smallest absolute Gasteiger partial charge is 0.220 e. The van der Waals surface area contributed by atoms with Crippen molar-refractivity contribution in [3.8, 4) is 17.1 Å². The maximum atomic E-state index is 14.4. The number of rotatable bonds is 7. The Balaban J connectivity index is 1.46. The fraction of sp³-hybridized carbons (Fsp3) is 0.385. The first-order chi connectivity index (χ1) is 18.0. The number of hydrogen-bond donors (Lipinski definition) is 2. The quantitative estimate of drug-likeness (QED) is 0.367. The summed E-state index contributed by atoms with van der Waals surface area (Å²) in [6, 6.07) is 9.78. The maximum Gasteiger partial charge on any atom is 0.220 e. The molecule has 2 aromatic heterocycles. The van der Waals surface area contributed by atoms with E-state index in [1.54, 1.807) is 19.2 Å². The van der Waals surface area contributed by atoms with Crippen molar-refractivity contribution < 1.29 is 18.7 Å². The molecule has 11 heteroatoms. The zero-order valence-electron chi connectivity index (χ0n) is 20.9. The summed E-state index contributed by atoms with van der Waals surface area (Å²) in [5.74, 6) is 0.793. The predicted octanol–water partition coefficient (Wildman–Crippen LogP) is 2.47. The molecule has 194 valence electrons. The molecule has 1 unspecified atom stereocenters. The van der Waals surface area contributed by atoms with Gasteiger partial charge in [-0.1, -0.05) is 17.3 Å². The van der Waals surface area contributed by atoms with E-state index in [1.807, 2.05) is 19.1 Å². The average molecular weight is 508 g/mol. The molecule has 3 N–H and O–H groups in total. The van der Waals surface area contributed by atoms with E-state index < -0.39 is 0 Å². The number of nitrogens with two attached hydrogens (primary N) is 1. The van der Waals surface area contributed by atoms with E-state index in [9.17, 15) is 4.39 Å². The Hall–Kier alpha value is -3.83. The van der Waals surface area contributed by atoms with Gasteiger partial charge in [0.1, 0.15) is 12.4 Å².